The second kappa shape index (κ2) is 6.06. The summed E-state index contributed by atoms with van der Waals surface area (Å²) >= 11 is 0. The lowest BCUT2D eigenvalue weighted by Crippen LogP contribution is -2.16. The molecule has 1 aromatic carbocycles. The molecule has 1 heterocycles. The second-order valence-electron chi connectivity index (χ2n) is 5.02. The smallest absolute Gasteiger partial charge is 0.122 e. The lowest BCUT2D eigenvalue weighted by atomic mass is 9.98. The average Bonchev–Trinajstić information content (AvgIpc) is 2.89. The summed E-state index contributed by atoms with van der Waals surface area (Å²) in [6, 6.07) is 8.46. The van der Waals surface area contributed by atoms with Gasteiger partial charge in [0, 0.05) is 12.5 Å². The first-order valence-corrected chi connectivity index (χ1v) is 6.73. The lowest BCUT2D eigenvalue weighted by molar-refractivity contribution is 0.256. The van der Waals surface area contributed by atoms with Crippen LogP contribution < -0.4 is 10.1 Å². The van der Waals surface area contributed by atoms with E-state index >= 15 is 0 Å². The van der Waals surface area contributed by atoms with E-state index < -0.39 is 0 Å². The molecule has 0 spiro atoms. The summed E-state index contributed by atoms with van der Waals surface area (Å²) in [5.74, 6) is 2.33. The van der Waals surface area contributed by atoms with Gasteiger partial charge in [-0.05, 0) is 36.9 Å². The van der Waals surface area contributed by atoms with E-state index in [1.807, 2.05) is 0 Å². The van der Waals surface area contributed by atoms with Gasteiger partial charge in [-0.25, -0.2) is 0 Å². The van der Waals surface area contributed by atoms with Crippen LogP contribution in [0.4, 0.5) is 0 Å². The fourth-order valence-electron chi connectivity index (χ4n) is 2.30. The molecule has 0 unspecified atom stereocenters. The van der Waals surface area contributed by atoms with Crippen molar-refractivity contribution in [1.29, 1.82) is 0 Å². The quantitative estimate of drug-likeness (QED) is 0.843. The van der Waals surface area contributed by atoms with E-state index in [0.29, 0.717) is 11.8 Å². The van der Waals surface area contributed by atoms with Gasteiger partial charge in [0.05, 0.1) is 6.61 Å². The predicted molar refractivity (Wildman–Crippen MR) is 71.6 cm³/mol. The summed E-state index contributed by atoms with van der Waals surface area (Å²) in [7, 11) is 0. The van der Waals surface area contributed by atoms with Gasteiger partial charge in [0.15, 0.2) is 0 Å². The Balaban J connectivity index is 1.98. The molecule has 0 aromatic heterocycles. The van der Waals surface area contributed by atoms with Crippen molar-refractivity contribution in [3.8, 4) is 5.75 Å². The van der Waals surface area contributed by atoms with Crippen molar-refractivity contribution in [2.75, 3.05) is 19.7 Å². The summed E-state index contributed by atoms with van der Waals surface area (Å²) in [5, 5.41) is 3.38. The highest BCUT2D eigenvalue weighted by Crippen LogP contribution is 2.28. The zero-order valence-corrected chi connectivity index (χ0v) is 10.9. The normalized spacial score (nSPS) is 21.4. The van der Waals surface area contributed by atoms with Gasteiger partial charge in [-0.2, -0.15) is 0 Å². The minimum atomic E-state index is 0.577. The van der Waals surface area contributed by atoms with Crippen LogP contribution in [0.2, 0.25) is 0 Å². The van der Waals surface area contributed by atoms with Crippen molar-refractivity contribution < 1.29 is 4.74 Å². The summed E-state index contributed by atoms with van der Waals surface area (Å²) in [5.41, 5.74) is 1.35. The van der Waals surface area contributed by atoms with Gasteiger partial charge in [0.1, 0.15) is 5.75 Å². The molecule has 94 valence electrons. The van der Waals surface area contributed by atoms with Crippen LogP contribution in [-0.2, 0) is 0 Å². The summed E-state index contributed by atoms with van der Waals surface area (Å²) in [6.45, 7) is 7.58. The molecular formula is C15H23NO. The fraction of sp³-hybridized carbons (Fsp3) is 0.600. The molecule has 1 fully saturated rings. The van der Waals surface area contributed by atoms with Gasteiger partial charge in [-0.1, -0.05) is 32.0 Å². The highest BCUT2D eigenvalue weighted by Gasteiger charge is 2.16. The van der Waals surface area contributed by atoms with Crippen LogP contribution in [-0.4, -0.2) is 19.7 Å². The summed E-state index contributed by atoms with van der Waals surface area (Å²) in [6.07, 6.45) is 2.40. The zero-order valence-electron chi connectivity index (χ0n) is 10.9. The number of para-hydroxylation sites is 1. The Morgan fingerprint density at radius 3 is 2.94 bits per heavy atom. The highest BCUT2D eigenvalue weighted by molar-refractivity contribution is 5.35. The number of hydrogen-bond acceptors (Lipinski definition) is 2. The van der Waals surface area contributed by atoms with Crippen LogP contribution >= 0.6 is 0 Å². The third kappa shape index (κ3) is 3.22. The van der Waals surface area contributed by atoms with Crippen molar-refractivity contribution in [3.05, 3.63) is 29.8 Å². The van der Waals surface area contributed by atoms with Gasteiger partial charge in [0.2, 0.25) is 0 Å². The molecule has 0 amide bonds. The van der Waals surface area contributed by atoms with E-state index in [0.717, 1.165) is 31.9 Å². The highest BCUT2D eigenvalue weighted by atomic mass is 16.5. The van der Waals surface area contributed by atoms with Crippen LogP contribution in [0.15, 0.2) is 24.3 Å². The third-order valence-electron chi connectivity index (χ3n) is 3.70. The van der Waals surface area contributed by atoms with Gasteiger partial charge in [0.25, 0.3) is 0 Å². The first-order chi connectivity index (χ1) is 8.31. The van der Waals surface area contributed by atoms with Gasteiger partial charge >= 0.3 is 0 Å². The first kappa shape index (κ1) is 12.4. The monoisotopic (exact) mass is 233 g/mol. The molecule has 0 bridgehead atoms. The molecular weight excluding hydrogens is 210 g/mol. The maximum atomic E-state index is 6.00. The van der Waals surface area contributed by atoms with E-state index in [4.69, 9.17) is 4.74 Å². The molecule has 2 atom stereocenters. The van der Waals surface area contributed by atoms with Crippen LogP contribution in [0.25, 0.3) is 0 Å². The number of hydrogen-bond donors (Lipinski definition) is 1. The Bertz CT molecular complexity index is 345. The van der Waals surface area contributed by atoms with Crippen LogP contribution in [0.5, 0.6) is 5.75 Å². The number of ether oxygens (including phenoxy) is 1. The van der Waals surface area contributed by atoms with E-state index in [2.05, 4.69) is 43.4 Å². The minimum absolute atomic E-state index is 0.577. The number of benzene rings is 1. The molecule has 0 aliphatic carbocycles. The molecule has 1 N–H and O–H groups in total. The molecule has 1 aromatic rings. The van der Waals surface area contributed by atoms with Crippen molar-refractivity contribution in [2.45, 2.75) is 32.6 Å². The Hall–Kier alpha value is -1.02. The van der Waals surface area contributed by atoms with Crippen LogP contribution in [0.3, 0.4) is 0 Å². The van der Waals surface area contributed by atoms with Gasteiger partial charge in [-0.3, -0.25) is 0 Å². The Morgan fingerprint density at radius 2 is 2.24 bits per heavy atom. The minimum Gasteiger partial charge on any atom is -0.493 e. The predicted octanol–water partition coefficient (Wildman–Crippen LogP) is 3.19. The van der Waals surface area contributed by atoms with Crippen molar-refractivity contribution in [3.63, 3.8) is 0 Å². The zero-order chi connectivity index (χ0) is 12.1. The summed E-state index contributed by atoms with van der Waals surface area (Å²) in [4.78, 5) is 0. The lowest BCUT2D eigenvalue weighted by Gasteiger charge is -2.17. The number of rotatable bonds is 5. The molecule has 1 saturated heterocycles. The molecule has 1 aliphatic rings. The van der Waals surface area contributed by atoms with Crippen LogP contribution in [0, 0.1) is 5.92 Å². The largest absolute Gasteiger partial charge is 0.493 e. The van der Waals surface area contributed by atoms with Crippen LogP contribution in [0.1, 0.15) is 38.2 Å². The standard InChI is InChI=1S/C15H23NO/c1-3-12(2)14-6-4-5-7-15(14)17-11-13-8-9-16-10-13/h4-7,12-13,16H,3,8-11H2,1-2H3/t12-,13-/m1/s1. The van der Waals surface area contributed by atoms with Gasteiger partial charge in [-0.15, -0.1) is 0 Å². The maximum absolute atomic E-state index is 6.00. The molecule has 1 aliphatic heterocycles. The van der Waals surface area contributed by atoms with E-state index in [9.17, 15) is 0 Å². The molecule has 0 saturated carbocycles. The Labute approximate surface area is 104 Å². The SMILES string of the molecule is CC[C@@H](C)c1ccccc1OC[C@@H]1CCNC1. The molecule has 2 heteroatoms. The fourth-order valence-corrected chi connectivity index (χ4v) is 2.30. The molecule has 2 rings (SSSR count). The molecule has 0 radical (unpaired) electrons. The first-order valence-electron chi connectivity index (χ1n) is 6.73. The average molecular weight is 233 g/mol. The van der Waals surface area contributed by atoms with Crippen molar-refractivity contribution in [1.82, 2.24) is 5.32 Å². The van der Waals surface area contributed by atoms with E-state index in [1.54, 1.807) is 0 Å². The van der Waals surface area contributed by atoms with Gasteiger partial charge < -0.3 is 10.1 Å². The second-order valence-corrected chi connectivity index (χ2v) is 5.02. The topological polar surface area (TPSA) is 21.3 Å². The molecule has 17 heavy (non-hydrogen) atoms. The Kier molecular flexibility index (Phi) is 4.43. The van der Waals surface area contributed by atoms with Crippen molar-refractivity contribution >= 4 is 0 Å². The maximum Gasteiger partial charge on any atom is 0.122 e. The van der Waals surface area contributed by atoms with E-state index in [-0.39, 0.29) is 0 Å². The summed E-state index contributed by atoms with van der Waals surface area (Å²) < 4.78 is 6.00. The Morgan fingerprint density at radius 1 is 1.41 bits per heavy atom. The van der Waals surface area contributed by atoms with E-state index in [1.165, 1.54) is 12.0 Å². The van der Waals surface area contributed by atoms with Crippen molar-refractivity contribution in [2.24, 2.45) is 5.92 Å². The number of nitrogens with one attached hydrogen (secondary N) is 1. The third-order valence-corrected chi connectivity index (χ3v) is 3.70. The molecule has 2 nitrogen and oxygen atoms in total.